The van der Waals surface area contributed by atoms with Crippen LogP contribution in [0.4, 0.5) is 0 Å². The number of benzene rings is 1. The Bertz CT molecular complexity index is 271. The predicted octanol–water partition coefficient (Wildman–Crippen LogP) is 1.78. The normalized spacial score (nSPS) is 24.9. The van der Waals surface area contributed by atoms with Gasteiger partial charge in [-0.05, 0) is 31.5 Å². The molecule has 1 aromatic rings. The van der Waals surface area contributed by atoms with Gasteiger partial charge in [0.1, 0.15) is 0 Å². The van der Waals surface area contributed by atoms with E-state index in [2.05, 4.69) is 35.2 Å². The van der Waals surface area contributed by atoms with E-state index in [1.165, 1.54) is 25.1 Å². The number of rotatable bonds is 5. The average Bonchev–Trinajstić information content (AvgIpc) is 2.99. The standard InChI is InChI=1S/C12H18N2/c13-8-4-5-9-14-10-12(14)11-6-2-1-3-7-11/h1-3,6-7,12H,4-5,8-10,13H2. The Labute approximate surface area is 85.7 Å². The third-order valence-electron chi connectivity index (χ3n) is 2.80. The van der Waals surface area contributed by atoms with Crippen LogP contribution in [0, 0.1) is 0 Å². The topological polar surface area (TPSA) is 29.0 Å². The zero-order chi connectivity index (χ0) is 9.80. The summed E-state index contributed by atoms with van der Waals surface area (Å²) >= 11 is 0. The molecule has 0 aliphatic carbocycles. The molecule has 2 N–H and O–H groups in total. The molecule has 1 aliphatic heterocycles. The Hall–Kier alpha value is -0.860. The second kappa shape index (κ2) is 4.58. The van der Waals surface area contributed by atoms with Crippen LogP contribution in [0.1, 0.15) is 24.4 Å². The van der Waals surface area contributed by atoms with Crippen molar-refractivity contribution in [1.82, 2.24) is 4.90 Å². The van der Waals surface area contributed by atoms with Gasteiger partial charge in [0.25, 0.3) is 0 Å². The van der Waals surface area contributed by atoms with Crippen molar-refractivity contribution in [3.63, 3.8) is 0 Å². The number of hydrogen-bond acceptors (Lipinski definition) is 2. The van der Waals surface area contributed by atoms with Crippen molar-refractivity contribution < 1.29 is 0 Å². The Kier molecular flexibility index (Phi) is 3.17. The molecule has 2 rings (SSSR count). The zero-order valence-corrected chi connectivity index (χ0v) is 8.52. The van der Waals surface area contributed by atoms with Gasteiger partial charge in [-0.15, -0.1) is 0 Å². The van der Waals surface area contributed by atoms with Crippen LogP contribution in [0.25, 0.3) is 0 Å². The lowest BCUT2D eigenvalue weighted by molar-refractivity contribution is 0.487. The van der Waals surface area contributed by atoms with Crippen LogP contribution in [-0.2, 0) is 0 Å². The molecule has 1 heterocycles. The molecule has 1 fully saturated rings. The fourth-order valence-electron chi connectivity index (χ4n) is 1.87. The first-order valence-electron chi connectivity index (χ1n) is 5.41. The summed E-state index contributed by atoms with van der Waals surface area (Å²) in [6, 6.07) is 11.4. The van der Waals surface area contributed by atoms with E-state index < -0.39 is 0 Å². The second-order valence-corrected chi connectivity index (χ2v) is 3.92. The Morgan fingerprint density at radius 1 is 1.21 bits per heavy atom. The quantitative estimate of drug-likeness (QED) is 0.566. The Balaban J connectivity index is 1.76. The van der Waals surface area contributed by atoms with Gasteiger partial charge in [0.2, 0.25) is 0 Å². The molecule has 2 unspecified atom stereocenters. The van der Waals surface area contributed by atoms with Gasteiger partial charge in [0, 0.05) is 12.6 Å². The molecular weight excluding hydrogens is 172 g/mol. The van der Waals surface area contributed by atoms with Crippen LogP contribution in [0.15, 0.2) is 30.3 Å². The predicted molar refractivity (Wildman–Crippen MR) is 59.0 cm³/mol. The van der Waals surface area contributed by atoms with E-state index in [-0.39, 0.29) is 0 Å². The number of nitrogens with two attached hydrogens (primary N) is 1. The van der Waals surface area contributed by atoms with Crippen molar-refractivity contribution in [1.29, 1.82) is 0 Å². The molecule has 0 aromatic heterocycles. The third kappa shape index (κ3) is 2.34. The highest BCUT2D eigenvalue weighted by atomic mass is 15.3. The van der Waals surface area contributed by atoms with E-state index in [0.29, 0.717) is 6.04 Å². The minimum atomic E-state index is 0.689. The second-order valence-electron chi connectivity index (χ2n) is 3.92. The lowest BCUT2D eigenvalue weighted by Gasteiger charge is -2.02. The molecule has 14 heavy (non-hydrogen) atoms. The van der Waals surface area contributed by atoms with Crippen LogP contribution >= 0.6 is 0 Å². The summed E-state index contributed by atoms with van der Waals surface area (Å²) in [6.07, 6.45) is 2.39. The van der Waals surface area contributed by atoms with Gasteiger partial charge in [-0.2, -0.15) is 0 Å². The molecule has 2 atom stereocenters. The van der Waals surface area contributed by atoms with Gasteiger partial charge in [-0.1, -0.05) is 30.3 Å². The SMILES string of the molecule is NCCCCN1CC1c1ccccc1. The molecule has 0 saturated carbocycles. The van der Waals surface area contributed by atoms with Crippen LogP contribution in [0.5, 0.6) is 0 Å². The van der Waals surface area contributed by atoms with Crippen molar-refractivity contribution in [3.8, 4) is 0 Å². The Morgan fingerprint density at radius 2 is 2.00 bits per heavy atom. The maximum Gasteiger partial charge on any atom is 0.0476 e. The molecule has 2 nitrogen and oxygen atoms in total. The maximum absolute atomic E-state index is 5.46. The van der Waals surface area contributed by atoms with E-state index in [1.54, 1.807) is 0 Å². The van der Waals surface area contributed by atoms with Gasteiger partial charge in [-0.3, -0.25) is 4.90 Å². The fourth-order valence-corrected chi connectivity index (χ4v) is 1.87. The molecule has 1 aliphatic rings. The summed E-state index contributed by atoms with van der Waals surface area (Å²) in [4.78, 5) is 2.50. The van der Waals surface area contributed by atoms with E-state index in [0.717, 1.165) is 13.0 Å². The highest BCUT2D eigenvalue weighted by molar-refractivity contribution is 5.23. The summed E-state index contributed by atoms with van der Waals surface area (Å²) in [7, 11) is 0. The lowest BCUT2D eigenvalue weighted by atomic mass is 10.2. The summed E-state index contributed by atoms with van der Waals surface area (Å²) in [5.41, 5.74) is 6.92. The molecule has 0 bridgehead atoms. The molecule has 1 saturated heterocycles. The van der Waals surface area contributed by atoms with Crippen LogP contribution in [0.3, 0.4) is 0 Å². The van der Waals surface area contributed by atoms with Crippen LogP contribution < -0.4 is 5.73 Å². The smallest absolute Gasteiger partial charge is 0.0476 e. The number of hydrogen-bond donors (Lipinski definition) is 1. The first-order valence-corrected chi connectivity index (χ1v) is 5.41. The molecule has 0 amide bonds. The molecule has 1 aromatic carbocycles. The van der Waals surface area contributed by atoms with Gasteiger partial charge < -0.3 is 5.73 Å². The molecular formula is C12H18N2. The highest BCUT2D eigenvalue weighted by Crippen LogP contribution is 2.34. The fraction of sp³-hybridized carbons (Fsp3) is 0.500. The van der Waals surface area contributed by atoms with Gasteiger partial charge >= 0.3 is 0 Å². The van der Waals surface area contributed by atoms with Crippen molar-refractivity contribution in [2.45, 2.75) is 18.9 Å². The summed E-state index contributed by atoms with van der Waals surface area (Å²) < 4.78 is 0. The largest absolute Gasteiger partial charge is 0.330 e. The lowest BCUT2D eigenvalue weighted by Crippen LogP contribution is -2.05. The van der Waals surface area contributed by atoms with E-state index >= 15 is 0 Å². The summed E-state index contributed by atoms with van der Waals surface area (Å²) in [5.74, 6) is 0. The maximum atomic E-state index is 5.46. The van der Waals surface area contributed by atoms with Crippen molar-refractivity contribution in [2.24, 2.45) is 5.73 Å². The number of unbranched alkanes of at least 4 members (excludes halogenated alkanes) is 1. The first-order chi connectivity index (χ1) is 6.92. The minimum absolute atomic E-state index is 0.689. The summed E-state index contributed by atoms with van der Waals surface area (Å²) in [5, 5.41) is 0. The summed E-state index contributed by atoms with van der Waals surface area (Å²) in [6.45, 7) is 3.26. The average molecular weight is 190 g/mol. The third-order valence-corrected chi connectivity index (χ3v) is 2.80. The van der Waals surface area contributed by atoms with E-state index in [4.69, 9.17) is 5.73 Å². The van der Waals surface area contributed by atoms with Gasteiger partial charge in [-0.25, -0.2) is 0 Å². The first kappa shape index (κ1) is 9.69. The molecule has 0 radical (unpaired) electrons. The van der Waals surface area contributed by atoms with Crippen molar-refractivity contribution in [3.05, 3.63) is 35.9 Å². The van der Waals surface area contributed by atoms with Gasteiger partial charge in [0.05, 0.1) is 0 Å². The Morgan fingerprint density at radius 3 is 2.71 bits per heavy atom. The minimum Gasteiger partial charge on any atom is -0.330 e. The van der Waals surface area contributed by atoms with Crippen LogP contribution in [0.2, 0.25) is 0 Å². The van der Waals surface area contributed by atoms with Crippen molar-refractivity contribution in [2.75, 3.05) is 19.6 Å². The molecule has 0 spiro atoms. The zero-order valence-electron chi connectivity index (χ0n) is 8.52. The highest BCUT2D eigenvalue weighted by Gasteiger charge is 2.33. The van der Waals surface area contributed by atoms with E-state index in [9.17, 15) is 0 Å². The number of nitrogens with zero attached hydrogens (tertiary/aromatic N) is 1. The monoisotopic (exact) mass is 190 g/mol. The van der Waals surface area contributed by atoms with Crippen molar-refractivity contribution >= 4 is 0 Å². The molecule has 76 valence electrons. The van der Waals surface area contributed by atoms with E-state index in [1.807, 2.05) is 0 Å². The van der Waals surface area contributed by atoms with Crippen LogP contribution in [-0.4, -0.2) is 24.5 Å². The molecule has 2 heteroatoms. The van der Waals surface area contributed by atoms with Gasteiger partial charge in [0.15, 0.2) is 0 Å².